The molecule has 2 heterocycles. The number of benzene rings is 1. The van der Waals surface area contributed by atoms with E-state index in [2.05, 4.69) is 5.32 Å². The van der Waals surface area contributed by atoms with Gasteiger partial charge in [0, 0.05) is 23.9 Å². The second-order valence-corrected chi connectivity index (χ2v) is 8.65. The van der Waals surface area contributed by atoms with E-state index in [0.717, 1.165) is 18.2 Å². The molecule has 0 bridgehead atoms. The highest BCUT2D eigenvalue weighted by Gasteiger charge is 2.41. The average Bonchev–Trinajstić information content (AvgIpc) is 2.96. The SMILES string of the molecule is Cc1c(S(=O)(=O)NC(C)C(F)(F)F)c2n(c1C(=O)Nc1ccc(F)c(F)c1)CCC=C2. The lowest BCUT2D eigenvalue weighted by Gasteiger charge is -2.18. The second-order valence-electron chi connectivity index (χ2n) is 7.00. The highest BCUT2D eigenvalue weighted by atomic mass is 32.2. The summed E-state index contributed by atoms with van der Waals surface area (Å²) in [5.41, 5.74) is -0.188. The minimum Gasteiger partial charge on any atom is -0.335 e. The van der Waals surface area contributed by atoms with Crippen molar-refractivity contribution in [3.63, 3.8) is 0 Å². The number of sulfonamides is 1. The number of rotatable bonds is 5. The fourth-order valence-corrected chi connectivity index (χ4v) is 4.97. The molecule has 1 amide bonds. The number of anilines is 1. The number of allylic oxidation sites excluding steroid dienone is 1. The van der Waals surface area contributed by atoms with Crippen LogP contribution in [-0.2, 0) is 16.6 Å². The Kier molecular flexibility index (Phi) is 5.98. The van der Waals surface area contributed by atoms with Gasteiger partial charge in [-0.25, -0.2) is 17.2 Å². The Morgan fingerprint density at radius 2 is 1.87 bits per heavy atom. The topological polar surface area (TPSA) is 80.2 Å². The van der Waals surface area contributed by atoms with E-state index in [9.17, 15) is 35.2 Å². The highest BCUT2D eigenvalue weighted by molar-refractivity contribution is 7.89. The second kappa shape index (κ2) is 8.08. The van der Waals surface area contributed by atoms with Crippen LogP contribution >= 0.6 is 0 Å². The third kappa shape index (κ3) is 4.49. The van der Waals surface area contributed by atoms with E-state index in [1.807, 2.05) is 0 Å². The summed E-state index contributed by atoms with van der Waals surface area (Å²) in [7, 11) is -4.64. The van der Waals surface area contributed by atoms with E-state index in [0.29, 0.717) is 13.3 Å². The van der Waals surface area contributed by atoms with Crippen molar-refractivity contribution in [2.75, 3.05) is 5.32 Å². The number of aromatic nitrogens is 1. The summed E-state index contributed by atoms with van der Waals surface area (Å²) in [4.78, 5) is 12.4. The molecule has 0 fully saturated rings. The number of hydrogen-bond donors (Lipinski definition) is 2. The largest absolute Gasteiger partial charge is 0.404 e. The number of halogens is 5. The molecule has 31 heavy (non-hydrogen) atoms. The van der Waals surface area contributed by atoms with Crippen molar-refractivity contribution in [3.8, 4) is 0 Å². The molecule has 0 aliphatic carbocycles. The third-order valence-corrected chi connectivity index (χ3v) is 6.49. The van der Waals surface area contributed by atoms with E-state index in [-0.39, 0.29) is 29.2 Å². The van der Waals surface area contributed by atoms with Crippen LogP contribution in [0.4, 0.5) is 27.6 Å². The van der Waals surface area contributed by atoms with E-state index in [4.69, 9.17) is 0 Å². The molecule has 1 atom stereocenters. The number of hydrogen-bond acceptors (Lipinski definition) is 3. The molecular formula is C19H18F5N3O3S. The molecule has 1 aliphatic heterocycles. The summed E-state index contributed by atoms with van der Waals surface area (Å²) in [6, 6.07) is 0.342. The van der Waals surface area contributed by atoms with Gasteiger partial charge in [-0.3, -0.25) is 4.79 Å². The first-order valence-corrected chi connectivity index (χ1v) is 10.6. The minimum atomic E-state index is -4.80. The molecule has 0 radical (unpaired) electrons. The summed E-state index contributed by atoms with van der Waals surface area (Å²) in [5, 5.41) is 2.36. The van der Waals surface area contributed by atoms with Crippen molar-refractivity contribution < 1.29 is 35.2 Å². The maximum Gasteiger partial charge on any atom is 0.404 e. The molecule has 1 aromatic carbocycles. The van der Waals surface area contributed by atoms with Gasteiger partial charge in [0.25, 0.3) is 5.91 Å². The average molecular weight is 463 g/mol. The molecule has 168 valence electrons. The smallest absolute Gasteiger partial charge is 0.335 e. The number of nitrogens with one attached hydrogen (secondary N) is 2. The third-order valence-electron chi connectivity index (χ3n) is 4.77. The molecule has 0 saturated carbocycles. The zero-order valence-corrected chi connectivity index (χ0v) is 17.2. The molecule has 0 saturated heterocycles. The Morgan fingerprint density at radius 3 is 2.48 bits per heavy atom. The Balaban J connectivity index is 2.05. The number of amides is 1. The van der Waals surface area contributed by atoms with Gasteiger partial charge in [0.2, 0.25) is 10.0 Å². The normalized spacial score (nSPS) is 14.9. The van der Waals surface area contributed by atoms with Crippen molar-refractivity contribution >= 4 is 27.7 Å². The van der Waals surface area contributed by atoms with E-state index < -0.39 is 44.7 Å². The van der Waals surface area contributed by atoms with Gasteiger partial charge in [0.05, 0.1) is 5.69 Å². The monoisotopic (exact) mass is 463 g/mol. The molecule has 1 unspecified atom stereocenters. The van der Waals surface area contributed by atoms with Crippen LogP contribution in [-0.4, -0.2) is 31.1 Å². The molecule has 1 aliphatic rings. The number of carbonyl (C=O) groups excluding carboxylic acids is 1. The lowest BCUT2D eigenvalue weighted by molar-refractivity contribution is -0.147. The van der Waals surface area contributed by atoms with Gasteiger partial charge >= 0.3 is 6.18 Å². The lowest BCUT2D eigenvalue weighted by atomic mass is 10.2. The Hall–Kier alpha value is -2.73. The van der Waals surface area contributed by atoms with Gasteiger partial charge in [-0.2, -0.15) is 17.9 Å². The molecule has 0 spiro atoms. The zero-order chi connectivity index (χ0) is 23.1. The van der Waals surface area contributed by atoms with Crippen molar-refractivity contribution in [3.05, 3.63) is 52.9 Å². The summed E-state index contributed by atoms with van der Waals surface area (Å²) < 4.78 is 93.8. The molecule has 3 rings (SSSR count). The van der Waals surface area contributed by atoms with Crippen LogP contribution in [0.3, 0.4) is 0 Å². The van der Waals surface area contributed by atoms with Crippen LogP contribution < -0.4 is 10.0 Å². The predicted octanol–water partition coefficient (Wildman–Crippen LogP) is 3.97. The Bertz CT molecular complexity index is 1170. The first-order valence-electron chi connectivity index (χ1n) is 9.08. The van der Waals surface area contributed by atoms with Gasteiger partial charge in [0.15, 0.2) is 11.6 Å². The van der Waals surface area contributed by atoms with Gasteiger partial charge in [0.1, 0.15) is 16.6 Å². The van der Waals surface area contributed by atoms with Gasteiger partial charge in [-0.15, -0.1) is 0 Å². The predicted molar refractivity (Wildman–Crippen MR) is 103 cm³/mol. The summed E-state index contributed by atoms with van der Waals surface area (Å²) in [5.74, 6) is -3.12. The summed E-state index contributed by atoms with van der Waals surface area (Å²) in [6.07, 6.45) is -1.29. The molecule has 6 nitrogen and oxygen atoms in total. The zero-order valence-electron chi connectivity index (χ0n) is 16.3. The molecular weight excluding hydrogens is 445 g/mol. The summed E-state index contributed by atoms with van der Waals surface area (Å²) >= 11 is 0. The highest BCUT2D eigenvalue weighted by Crippen LogP contribution is 2.32. The number of fused-ring (bicyclic) bond motifs is 1. The van der Waals surface area contributed by atoms with Crippen molar-refractivity contribution in [1.29, 1.82) is 0 Å². The Morgan fingerprint density at radius 1 is 1.19 bits per heavy atom. The molecule has 2 N–H and O–H groups in total. The van der Waals surface area contributed by atoms with Crippen LogP contribution in [0.1, 0.15) is 35.1 Å². The van der Waals surface area contributed by atoms with Crippen molar-refractivity contribution in [1.82, 2.24) is 9.29 Å². The number of nitrogens with zero attached hydrogens (tertiary/aromatic N) is 1. The van der Waals surface area contributed by atoms with Crippen LogP contribution in [0, 0.1) is 18.6 Å². The molecule has 2 aromatic rings. The van der Waals surface area contributed by atoms with Gasteiger partial charge in [-0.1, -0.05) is 6.08 Å². The standard InChI is InChI=1S/C19H18F5N3O3S/c1-10-16(18(28)25-12-6-7-13(20)14(21)9-12)27-8-4-3-5-15(27)17(10)31(29,30)26-11(2)19(22,23)24/h3,5-7,9,11,26H,4,8H2,1-2H3,(H,25,28). The van der Waals surface area contributed by atoms with E-state index in [1.165, 1.54) is 17.6 Å². The quantitative estimate of drug-likeness (QED) is 0.659. The fraction of sp³-hybridized carbons (Fsp3) is 0.316. The molecule has 1 aromatic heterocycles. The van der Waals surface area contributed by atoms with E-state index in [1.54, 1.807) is 10.8 Å². The van der Waals surface area contributed by atoms with Gasteiger partial charge in [-0.05, 0) is 38.5 Å². The Labute approximate surface area is 174 Å². The van der Waals surface area contributed by atoms with Crippen molar-refractivity contribution in [2.24, 2.45) is 0 Å². The first kappa shape index (κ1) is 22.9. The first-order chi connectivity index (χ1) is 14.3. The van der Waals surface area contributed by atoms with Crippen LogP contribution in [0.5, 0.6) is 0 Å². The lowest BCUT2D eigenvalue weighted by Crippen LogP contribution is -2.43. The minimum absolute atomic E-state index is 0.0565. The van der Waals surface area contributed by atoms with Crippen LogP contribution in [0.2, 0.25) is 0 Å². The fourth-order valence-electron chi connectivity index (χ4n) is 3.30. The maximum atomic E-state index is 13.4. The maximum absolute atomic E-state index is 13.4. The van der Waals surface area contributed by atoms with Gasteiger partial charge < -0.3 is 9.88 Å². The molecule has 12 heteroatoms. The number of alkyl halides is 3. The van der Waals surface area contributed by atoms with Crippen molar-refractivity contribution in [2.45, 2.75) is 43.9 Å². The summed E-state index contributed by atoms with van der Waals surface area (Å²) in [6.45, 7) is 2.17. The van der Waals surface area contributed by atoms with Crippen LogP contribution in [0.15, 0.2) is 29.2 Å². The number of carbonyl (C=O) groups is 1. The van der Waals surface area contributed by atoms with Crippen LogP contribution in [0.25, 0.3) is 6.08 Å². The van der Waals surface area contributed by atoms with E-state index >= 15 is 0 Å².